The van der Waals surface area contributed by atoms with Crippen molar-refractivity contribution in [3.05, 3.63) is 119 Å². The maximum atomic E-state index is 12.0. The molecule has 1 atom stereocenters. The summed E-state index contributed by atoms with van der Waals surface area (Å²) in [6.07, 6.45) is -0.389. The van der Waals surface area contributed by atoms with Gasteiger partial charge in [-0.3, -0.25) is 4.79 Å². The van der Waals surface area contributed by atoms with Crippen LogP contribution in [0.3, 0.4) is 0 Å². The Morgan fingerprint density at radius 2 is 1.51 bits per heavy atom. The average molecular weight is 513 g/mol. The molecule has 1 aliphatic rings. The Kier molecular flexibility index (Phi) is 6.96. The zero-order valence-corrected chi connectivity index (χ0v) is 20.5. The van der Waals surface area contributed by atoms with Crippen molar-refractivity contribution in [2.24, 2.45) is 5.16 Å². The van der Waals surface area contributed by atoms with E-state index in [1.54, 1.807) is 5.38 Å². The number of hydrogen-bond acceptors (Lipinski definition) is 7. The summed E-state index contributed by atoms with van der Waals surface area (Å²) in [6, 6.07) is 30.1. The van der Waals surface area contributed by atoms with Crippen LogP contribution >= 0.6 is 11.3 Å². The van der Waals surface area contributed by atoms with Crippen LogP contribution in [-0.2, 0) is 20.0 Å². The molecule has 1 saturated heterocycles. The maximum absolute atomic E-state index is 12.0. The molecule has 0 aliphatic carbocycles. The Bertz CT molecular complexity index is 1310. The lowest BCUT2D eigenvalue weighted by Gasteiger charge is -2.36. The van der Waals surface area contributed by atoms with Gasteiger partial charge in [-0.25, -0.2) is 9.78 Å². The number of carboxylic acid groups (broad SMARTS) is 1. The summed E-state index contributed by atoms with van der Waals surface area (Å²) >= 11 is 1.26. The van der Waals surface area contributed by atoms with Crippen LogP contribution in [0.15, 0.2) is 102 Å². The van der Waals surface area contributed by atoms with Crippen molar-refractivity contribution in [2.75, 3.05) is 11.9 Å². The molecule has 5 rings (SSSR count). The molecule has 0 saturated carbocycles. The smallest absolute Gasteiger partial charge is 0.360 e. The molecule has 3 aromatic carbocycles. The van der Waals surface area contributed by atoms with E-state index in [0.717, 1.165) is 16.7 Å². The van der Waals surface area contributed by atoms with Gasteiger partial charge in [0, 0.05) is 18.3 Å². The third kappa shape index (κ3) is 4.94. The Labute approximate surface area is 217 Å². The van der Waals surface area contributed by atoms with Crippen LogP contribution in [0.1, 0.15) is 28.8 Å². The number of carbonyl (C=O) groups excluding carboxylic acids is 1. The number of nitrogens with zero attached hydrogens (tertiary/aromatic N) is 2. The number of carbonyl (C=O) groups is 2. The Balaban J connectivity index is 1.57. The minimum Gasteiger partial charge on any atom is -0.476 e. The summed E-state index contributed by atoms with van der Waals surface area (Å²) in [5.41, 5.74) is 1.94. The van der Waals surface area contributed by atoms with Gasteiger partial charge in [0.2, 0.25) is 11.8 Å². The molecule has 0 bridgehead atoms. The van der Waals surface area contributed by atoms with E-state index in [4.69, 9.17) is 4.84 Å². The van der Waals surface area contributed by atoms with Crippen LogP contribution in [-0.4, -0.2) is 40.3 Å². The first-order chi connectivity index (χ1) is 18.1. The van der Waals surface area contributed by atoms with E-state index in [9.17, 15) is 14.7 Å². The van der Waals surface area contributed by atoms with Crippen LogP contribution in [0, 0.1) is 0 Å². The molecule has 37 heavy (non-hydrogen) atoms. The molecular weight excluding hydrogens is 488 g/mol. The molecule has 1 fully saturated rings. The zero-order chi connectivity index (χ0) is 25.7. The van der Waals surface area contributed by atoms with Gasteiger partial charge in [-0.2, -0.15) is 0 Å². The topological polar surface area (TPSA) is 113 Å². The first kappa shape index (κ1) is 24.2. The molecule has 1 amide bonds. The third-order valence-corrected chi connectivity index (χ3v) is 6.89. The summed E-state index contributed by atoms with van der Waals surface area (Å²) in [4.78, 5) is 33.6. The fourth-order valence-electron chi connectivity index (χ4n) is 4.36. The van der Waals surface area contributed by atoms with Crippen LogP contribution in [0.25, 0.3) is 0 Å². The van der Waals surface area contributed by atoms with Gasteiger partial charge in [-0.15, -0.1) is 11.3 Å². The number of carboxylic acids is 1. The molecule has 4 aromatic rings. The second-order valence-electron chi connectivity index (χ2n) is 8.43. The van der Waals surface area contributed by atoms with Gasteiger partial charge >= 0.3 is 5.97 Å². The Hall–Kier alpha value is -4.50. The van der Waals surface area contributed by atoms with Crippen molar-refractivity contribution in [1.29, 1.82) is 0 Å². The zero-order valence-electron chi connectivity index (χ0n) is 19.7. The van der Waals surface area contributed by atoms with Gasteiger partial charge in [0.25, 0.3) is 5.91 Å². The highest BCUT2D eigenvalue weighted by atomic mass is 32.1. The normalized spacial score (nSPS) is 15.7. The van der Waals surface area contributed by atoms with Crippen molar-refractivity contribution in [1.82, 2.24) is 10.3 Å². The highest BCUT2D eigenvalue weighted by molar-refractivity contribution is 7.14. The number of aromatic nitrogens is 1. The minimum absolute atomic E-state index is 0.140. The second-order valence-corrected chi connectivity index (χ2v) is 9.29. The lowest BCUT2D eigenvalue weighted by molar-refractivity contribution is -0.131. The van der Waals surface area contributed by atoms with Crippen LogP contribution in [0.4, 0.5) is 5.13 Å². The van der Waals surface area contributed by atoms with Gasteiger partial charge < -0.3 is 20.6 Å². The van der Waals surface area contributed by atoms with E-state index in [2.05, 4.69) is 20.8 Å². The number of hydrogen-bond donors (Lipinski definition) is 3. The van der Waals surface area contributed by atoms with Crippen LogP contribution in [0.5, 0.6) is 0 Å². The van der Waals surface area contributed by atoms with Gasteiger partial charge in [0.05, 0.1) is 0 Å². The predicted molar refractivity (Wildman–Crippen MR) is 142 cm³/mol. The van der Waals surface area contributed by atoms with Crippen molar-refractivity contribution in [3.63, 3.8) is 0 Å². The second kappa shape index (κ2) is 10.6. The third-order valence-electron chi connectivity index (χ3n) is 6.13. The highest BCUT2D eigenvalue weighted by Crippen LogP contribution is 2.40. The number of aliphatic carboxylic acids is 1. The Morgan fingerprint density at radius 1 is 0.973 bits per heavy atom. The van der Waals surface area contributed by atoms with Crippen molar-refractivity contribution < 1.29 is 19.5 Å². The molecule has 1 unspecified atom stereocenters. The molecule has 3 N–H and O–H groups in total. The first-order valence-electron chi connectivity index (χ1n) is 11.7. The molecule has 1 aliphatic heterocycles. The van der Waals surface area contributed by atoms with E-state index in [0.29, 0.717) is 18.1 Å². The number of rotatable bonds is 9. The van der Waals surface area contributed by atoms with Gasteiger partial charge in [0.1, 0.15) is 11.2 Å². The maximum Gasteiger partial charge on any atom is 0.360 e. The largest absolute Gasteiger partial charge is 0.476 e. The standard InChI is InChI=1S/C28H24N4O4S/c33-25-23(16-17-29-25)36-32-24(26(34)35)22-18-37-27(30-22)31-28(19-10-4-1-5-11-19,20-12-6-2-7-13-20)21-14-8-3-9-15-21/h1-15,18,23H,16-17H2,(H,29,33)(H,30,31)(H,34,35). The molecule has 186 valence electrons. The fourth-order valence-corrected chi connectivity index (χ4v) is 5.12. The van der Waals surface area contributed by atoms with Gasteiger partial charge in [-0.05, 0) is 16.7 Å². The lowest BCUT2D eigenvalue weighted by atomic mass is 9.77. The number of amides is 1. The van der Waals surface area contributed by atoms with Crippen molar-refractivity contribution >= 4 is 34.1 Å². The van der Waals surface area contributed by atoms with Crippen LogP contribution < -0.4 is 10.6 Å². The van der Waals surface area contributed by atoms with E-state index in [1.165, 1.54) is 11.3 Å². The molecule has 1 aromatic heterocycles. The molecule has 2 heterocycles. The number of thiazole rings is 1. The van der Waals surface area contributed by atoms with E-state index >= 15 is 0 Å². The fraction of sp³-hybridized carbons (Fsp3) is 0.143. The molecular formula is C28H24N4O4S. The predicted octanol–water partition coefficient (Wildman–Crippen LogP) is 4.24. The highest BCUT2D eigenvalue weighted by Gasteiger charge is 2.37. The van der Waals surface area contributed by atoms with Gasteiger partial charge in [0.15, 0.2) is 5.13 Å². The summed E-state index contributed by atoms with van der Waals surface area (Å²) in [7, 11) is 0. The minimum atomic E-state index is -1.30. The Morgan fingerprint density at radius 3 is 1.97 bits per heavy atom. The molecule has 0 radical (unpaired) electrons. The van der Waals surface area contributed by atoms with E-state index in [1.807, 2.05) is 91.0 Å². The lowest BCUT2D eigenvalue weighted by Crippen LogP contribution is -2.38. The summed E-state index contributed by atoms with van der Waals surface area (Å²) in [6.45, 7) is 0.465. The van der Waals surface area contributed by atoms with E-state index < -0.39 is 17.6 Å². The summed E-state index contributed by atoms with van der Waals surface area (Å²) in [5.74, 6) is -1.61. The van der Waals surface area contributed by atoms with Crippen molar-refractivity contribution in [3.8, 4) is 0 Å². The number of benzene rings is 3. The molecule has 8 nitrogen and oxygen atoms in total. The number of nitrogens with one attached hydrogen (secondary N) is 2. The summed E-state index contributed by atoms with van der Waals surface area (Å²) < 4.78 is 0. The average Bonchev–Trinajstić information content (AvgIpc) is 3.57. The first-order valence-corrected chi connectivity index (χ1v) is 12.6. The SMILES string of the molecule is O=C(O)C(=NOC1CCNC1=O)c1csc(NC(c2ccccc2)(c2ccccc2)c2ccccc2)n1. The molecule has 0 spiro atoms. The number of anilines is 1. The van der Waals surface area contributed by atoms with Gasteiger partial charge in [-0.1, -0.05) is 96.2 Å². The van der Waals surface area contributed by atoms with E-state index in [-0.39, 0.29) is 17.3 Å². The van der Waals surface area contributed by atoms with Crippen molar-refractivity contribution in [2.45, 2.75) is 18.1 Å². The van der Waals surface area contributed by atoms with Crippen LogP contribution in [0.2, 0.25) is 0 Å². The monoisotopic (exact) mass is 512 g/mol. The number of oxime groups is 1. The molecule has 9 heteroatoms. The summed E-state index contributed by atoms with van der Waals surface area (Å²) in [5, 5.41) is 21.9. The quantitative estimate of drug-likeness (QED) is 0.176.